The van der Waals surface area contributed by atoms with Crippen molar-refractivity contribution in [3.05, 3.63) is 58.1 Å². The van der Waals surface area contributed by atoms with E-state index < -0.39 is 17.2 Å². The number of carbonyl (C=O) groups excluding carboxylic acids is 1. The normalized spacial score (nSPS) is 20.0. The molecule has 1 heterocycles. The number of hydrogen-bond acceptors (Lipinski definition) is 9. The number of hydrogen-bond donors (Lipinski definition) is 0. The van der Waals surface area contributed by atoms with E-state index in [4.69, 9.17) is 14.2 Å². The van der Waals surface area contributed by atoms with Crippen molar-refractivity contribution in [2.24, 2.45) is 4.99 Å². The van der Waals surface area contributed by atoms with Crippen LogP contribution in [0.2, 0.25) is 0 Å². The van der Waals surface area contributed by atoms with Crippen LogP contribution in [0.3, 0.4) is 0 Å². The summed E-state index contributed by atoms with van der Waals surface area (Å²) in [7, 11) is 3.02. The number of nitro benzene ring substituents is 1. The van der Waals surface area contributed by atoms with Crippen LogP contribution in [0.25, 0.3) is 0 Å². The standard InChI is InChI=1S/C18H20N2O6S2/c1-3-5-17(19-4-2)28-27-16-10-11-24-12-15(16)26-18(21)25-14-8-6-13(7-9-14)20(22)23/h3-9,15-16H,1,10-12H2,2H3/b17-5+,19-4-/t15-,16-/m1/s1. The summed E-state index contributed by atoms with van der Waals surface area (Å²) in [6.45, 7) is 6.35. The monoisotopic (exact) mass is 424 g/mol. The summed E-state index contributed by atoms with van der Waals surface area (Å²) >= 11 is 0. The van der Waals surface area contributed by atoms with Gasteiger partial charge in [0.05, 0.1) is 16.8 Å². The predicted molar refractivity (Wildman–Crippen MR) is 111 cm³/mol. The Morgan fingerprint density at radius 2 is 2.18 bits per heavy atom. The van der Waals surface area contributed by atoms with Crippen molar-refractivity contribution in [2.75, 3.05) is 13.2 Å². The van der Waals surface area contributed by atoms with Crippen LogP contribution in [0, 0.1) is 10.1 Å². The fourth-order valence-electron chi connectivity index (χ4n) is 2.22. The average Bonchev–Trinajstić information content (AvgIpc) is 2.68. The molecule has 0 bridgehead atoms. The molecule has 10 heteroatoms. The molecule has 1 aliphatic heterocycles. The summed E-state index contributed by atoms with van der Waals surface area (Å²) in [6.07, 6.45) is 4.51. The first-order chi connectivity index (χ1) is 13.5. The molecule has 2 atom stereocenters. The zero-order chi connectivity index (χ0) is 20.4. The Hall–Kier alpha value is -2.30. The Morgan fingerprint density at radius 1 is 1.43 bits per heavy atom. The van der Waals surface area contributed by atoms with Crippen LogP contribution in [0.5, 0.6) is 5.75 Å². The number of allylic oxidation sites excluding steroid dienone is 2. The maximum absolute atomic E-state index is 12.1. The first kappa shape index (κ1) is 22.0. The summed E-state index contributed by atoms with van der Waals surface area (Å²) in [5.74, 6) is 0.166. The fraction of sp³-hybridized carbons (Fsp3) is 0.333. The number of carbonyl (C=O) groups is 1. The highest BCUT2D eigenvalue weighted by atomic mass is 33.1. The Labute approximate surface area is 170 Å². The molecule has 0 N–H and O–H groups in total. The molecule has 0 amide bonds. The zero-order valence-corrected chi connectivity index (χ0v) is 16.8. The second-order valence-corrected chi connectivity index (χ2v) is 7.93. The van der Waals surface area contributed by atoms with Crippen molar-refractivity contribution in [1.82, 2.24) is 0 Å². The number of nitrogens with zero attached hydrogens (tertiary/aromatic N) is 2. The lowest BCUT2D eigenvalue weighted by Gasteiger charge is -2.29. The molecule has 0 unspecified atom stereocenters. The van der Waals surface area contributed by atoms with Gasteiger partial charge in [-0.3, -0.25) is 15.1 Å². The summed E-state index contributed by atoms with van der Waals surface area (Å²) < 4.78 is 15.9. The third-order valence-electron chi connectivity index (χ3n) is 3.51. The molecule has 0 saturated carbocycles. The maximum Gasteiger partial charge on any atom is 0.514 e. The molecule has 1 aromatic carbocycles. The van der Waals surface area contributed by atoms with Crippen molar-refractivity contribution in [3.8, 4) is 5.75 Å². The van der Waals surface area contributed by atoms with Crippen molar-refractivity contribution >= 4 is 39.6 Å². The van der Waals surface area contributed by atoms with Crippen LogP contribution < -0.4 is 4.74 Å². The number of ether oxygens (including phenoxy) is 3. The van der Waals surface area contributed by atoms with Crippen molar-refractivity contribution in [2.45, 2.75) is 24.7 Å². The molecule has 0 aromatic heterocycles. The van der Waals surface area contributed by atoms with Crippen LogP contribution in [0.1, 0.15) is 13.3 Å². The van der Waals surface area contributed by atoms with Gasteiger partial charge in [-0.25, -0.2) is 4.79 Å². The third-order valence-corrected chi connectivity index (χ3v) is 6.35. The predicted octanol–water partition coefficient (Wildman–Crippen LogP) is 4.77. The molecule has 0 radical (unpaired) electrons. The van der Waals surface area contributed by atoms with E-state index in [1.165, 1.54) is 35.1 Å². The largest absolute Gasteiger partial charge is 0.514 e. The molecule has 1 saturated heterocycles. The molecule has 8 nitrogen and oxygen atoms in total. The molecule has 1 fully saturated rings. The van der Waals surface area contributed by atoms with Gasteiger partial charge in [0, 0.05) is 25.0 Å². The maximum atomic E-state index is 12.1. The lowest BCUT2D eigenvalue weighted by Crippen LogP contribution is -2.38. The summed E-state index contributed by atoms with van der Waals surface area (Å²) in [5.41, 5.74) is -0.0898. The van der Waals surface area contributed by atoms with Gasteiger partial charge in [0.15, 0.2) is 0 Å². The Balaban J connectivity index is 1.92. The van der Waals surface area contributed by atoms with E-state index >= 15 is 0 Å². The van der Waals surface area contributed by atoms with Gasteiger partial charge in [0.25, 0.3) is 5.69 Å². The van der Waals surface area contributed by atoms with E-state index in [-0.39, 0.29) is 23.3 Å². The van der Waals surface area contributed by atoms with E-state index in [9.17, 15) is 14.9 Å². The first-order valence-corrected chi connectivity index (χ1v) is 10.6. The van der Waals surface area contributed by atoms with Crippen molar-refractivity contribution < 1.29 is 23.9 Å². The number of benzene rings is 1. The number of aliphatic imine (C=N–C) groups is 1. The van der Waals surface area contributed by atoms with Gasteiger partial charge in [-0.15, -0.1) is 0 Å². The van der Waals surface area contributed by atoms with E-state index in [1.807, 2.05) is 6.92 Å². The van der Waals surface area contributed by atoms with E-state index in [2.05, 4.69) is 11.6 Å². The van der Waals surface area contributed by atoms with Crippen LogP contribution in [-0.2, 0) is 9.47 Å². The first-order valence-electron chi connectivity index (χ1n) is 8.39. The lowest BCUT2D eigenvalue weighted by atomic mass is 10.1. The summed E-state index contributed by atoms with van der Waals surface area (Å²) in [6, 6.07) is 5.19. The molecule has 0 spiro atoms. The van der Waals surface area contributed by atoms with E-state index in [1.54, 1.807) is 29.2 Å². The summed E-state index contributed by atoms with van der Waals surface area (Å²) in [5, 5.41) is 11.5. The molecule has 0 aliphatic carbocycles. The molecular weight excluding hydrogens is 404 g/mol. The molecular formula is C18H20N2O6S2. The molecule has 1 aliphatic rings. The smallest absolute Gasteiger partial charge is 0.427 e. The van der Waals surface area contributed by atoms with Gasteiger partial charge in [-0.1, -0.05) is 23.4 Å². The number of nitro groups is 1. The van der Waals surface area contributed by atoms with Crippen molar-refractivity contribution in [3.63, 3.8) is 0 Å². The van der Waals surface area contributed by atoms with Gasteiger partial charge >= 0.3 is 6.16 Å². The second-order valence-electron chi connectivity index (χ2n) is 5.47. The van der Waals surface area contributed by atoms with E-state index in [0.717, 1.165) is 5.03 Å². The molecule has 1 aromatic rings. The molecule has 28 heavy (non-hydrogen) atoms. The minimum absolute atomic E-state index is 0.00318. The van der Waals surface area contributed by atoms with Gasteiger partial charge in [0.1, 0.15) is 16.9 Å². The minimum atomic E-state index is -0.881. The number of rotatable bonds is 8. The third kappa shape index (κ3) is 7.02. The SMILES string of the molecule is C=C/C=C(\N=C/C)SS[C@@H]1CCOC[C@H]1OC(=O)Oc1ccc([N+](=O)[O-])cc1. The van der Waals surface area contributed by atoms with Gasteiger partial charge in [-0.2, -0.15) is 0 Å². The zero-order valence-electron chi connectivity index (χ0n) is 15.2. The minimum Gasteiger partial charge on any atom is -0.427 e. The van der Waals surface area contributed by atoms with Gasteiger partial charge in [0.2, 0.25) is 0 Å². The highest BCUT2D eigenvalue weighted by Crippen LogP contribution is 2.39. The van der Waals surface area contributed by atoms with Crippen LogP contribution in [0.4, 0.5) is 10.5 Å². The highest BCUT2D eigenvalue weighted by molar-refractivity contribution is 8.78. The molecule has 2 rings (SSSR count). The highest BCUT2D eigenvalue weighted by Gasteiger charge is 2.31. The van der Waals surface area contributed by atoms with Crippen molar-refractivity contribution in [1.29, 1.82) is 0 Å². The fourth-order valence-corrected chi connectivity index (χ4v) is 4.82. The van der Waals surface area contributed by atoms with Crippen LogP contribution >= 0.6 is 21.6 Å². The van der Waals surface area contributed by atoms with Crippen LogP contribution in [-0.4, -0.2) is 41.9 Å². The Morgan fingerprint density at radius 3 is 2.82 bits per heavy atom. The second kappa shape index (κ2) is 11.5. The summed E-state index contributed by atoms with van der Waals surface area (Å²) in [4.78, 5) is 26.5. The topological polar surface area (TPSA) is 100 Å². The Bertz CT molecular complexity index is 751. The van der Waals surface area contributed by atoms with Crippen LogP contribution in [0.15, 0.2) is 53.0 Å². The quantitative estimate of drug-likeness (QED) is 0.112. The van der Waals surface area contributed by atoms with E-state index in [0.29, 0.717) is 13.0 Å². The lowest BCUT2D eigenvalue weighted by molar-refractivity contribution is -0.384. The Kier molecular flexibility index (Phi) is 9.05. The van der Waals surface area contributed by atoms with Gasteiger partial charge < -0.3 is 14.2 Å². The average molecular weight is 425 g/mol. The molecule has 150 valence electrons. The number of non-ortho nitro benzene ring substituents is 1. The van der Waals surface area contributed by atoms with Gasteiger partial charge in [-0.05, 0) is 42.3 Å².